The lowest BCUT2D eigenvalue weighted by Gasteiger charge is -2.38. The molecule has 1 aliphatic heterocycles. The second-order valence-electron chi connectivity index (χ2n) is 6.90. The number of hydrogen-bond acceptors (Lipinski definition) is 4. The van der Waals surface area contributed by atoms with E-state index in [1.54, 1.807) is 7.11 Å². The zero-order chi connectivity index (χ0) is 15.5. The minimum Gasteiger partial charge on any atom is -0.493 e. The van der Waals surface area contributed by atoms with Crippen LogP contribution in [0.5, 0.6) is 5.75 Å². The third-order valence-electron chi connectivity index (χ3n) is 4.31. The molecular formula is C17H28N2O2. The molecule has 1 aromatic carbocycles. The Bertz CT molecular complexity index is 456. The average molecular weight is 292 g/mol. The average Bonchev–Trinajstić information content (AvgIpc) is 2.45. The fourth-order valence-electron chi connectivity index (χ4n) is 3.37. The number of rotatable bonds is 5. The Morgan fingerprint density at radius 3 is 2.71 bits per heavy atom. The van der Waals surface area contributed by atoms with Gasteiger partial charge in [0.25, 0.3) is 0 Å². The van der Waals surface area contributed by atoms with Crippen LogP contribution in [0.15, 0.2) is 24.3 Å². The fourth-order valence-corrected chi connectivity index (χ4v) is 3.37. The zero-order valence-electron chi connectivity index (χ0n) is 13.6. The second-order valence-corrected chi connectivity index (χ2v) is 6.90. The van der Waals surface area contributed by atoms with Crippen molar-refractivity contribution in [3.8, 4) is 5.75 Å². The maximum atomic E-state index is 5.82. The van der Waals surface area contributed by atoms with Crippen LogP contribution in [0.4, 0.5) is 0 Å². The highest BCUT2D eigenvalue weighted by Crippen LogP contribution is 2.38. The summed E-state index contributed by atoms with van der Waals surface area (Å²) in [5.41, 5.74) is 4.30. The Labute approximate surface area is 128 Å². The van der Waals surface area contributed by atoms with Gasteiger partial charge in [0, 0.05) is 13.2 Å². The monoisotopic (exact) mass is 292 g/mol. The third kappa shape index (κ3) is 3.76. The van der Waals surface area contributed by atoms with Gasteiger partial charge in [0.05, 0.1) is 12.7 Å². The molecule has 0 saturated heterocycles. The predicted octanol–water partition coefficient (Wildman–Crippen LogP) is 2.84. The summed E-state index contributed by atoms with van der Waals surface area (Å²) in [7, 11) is 1.76. The summed E-state index contributed by atoms with van der Waals surface area (Å²) >= 11 is 0. The number of nitrogens with one attached hydrogen (secondary N) is 1. The largest absolute Gasteiger partial charge is 0.493 e. The molecule has 2 rings (SSSR count). The highest BCUT2D eigenvalue weighted by Gasteiger charge is 2.34. The Balaban J connectivity index is 2.16. The molecular weight excluding hydrogens is 264 g/mol. The van der Waals surface area contributed by atoms with E-state index < -0.39 is 0 Å². The summed E-state index contributed by atoms with van der Waals surface area (Å²) in [6.45, 7) is 7.32. The number of hydrogen-bond donors (Lipinski definition) is 2. The van der Waals surface area contributed by atoms with Gasteiger partial charge in [-0.25, -0.2) is 0 Å². The molecule has 1 aliphatic rings. The molecule has 4 heteroatoms. The molecule has 0 aromatic heterocycles. The van der Waals surface area contributed by atoms with Gasteiger partial charge in [-0.05, 0) is 35.8 Å². The molecule has 0 saturated carbocycles. The first-order valence-electron chi connectivity index (χ1n) is 7.68. The Morgan fingerprint density at radius 1 is 1.38 bits per heavy atom. The number of nitrogens with two attached hydrogens (primary N) is 1. The molecule has 0 spiro atoms. The van der Waals surface area contributed by atoms with E-state index >= 15 is 0 Å². The summed E-state index contributed by atoms with van der Waals surface area (Å²) in [6, 6.07) is 8.41. The molecule has 3 N–H and O–H groups in total. The van der Waals surface area contributed by atoms with E-state index in [1.165, 1.54) is 5.56 Å². The number of hydrazine groups is 1. The van der Waals surface area contributed by atoms with Crippen LogP contribution in [0.2, 0.25) is 0 Å². The van der Waals surface area contributed by atoms with Crippen molar-refractivity contribution in [3.63, 3.8) is 0 Å². The molecule has 0 fully saturated rings. The lowest BCUT2D eigenvalue weighted by atomic mass is 9.79. The van der Waals surface area contributed by atoms with Gasteiger partial charge in [0.2, 0.25) is 0 Å². The van der Waals surface area contributed by atoms with E-state index in [2.05, 4.69) is 38.3 Å². The molecule has 1 aromatic rings. The fraction of sp³-hybridized carbons (Fsp3) is 0.647. The number of para-hydroxylation sites is 1. The molecule has 1 heterocycles. The SMILES string of the molecule is COC(C(CC1CCOc2ccccc21)NN)C(C)(C)C. The Hall–Kier alpha value is -1.10. The van der Waals surface area contributed by atoms with Crippen LogP contribution in [0, 0.1) is 5.41 Å². The van der Waals surface area contributed by atoms with E-state index in [1.807, 2.05) is 12.1 Å². The molecule has 0 radical (unpaired) electrons. The minimum absolute atomic E-state index is 0.0382. The molecule has 3 unspecified atom stereocenters. The quantitative estimate of drug-likeness (QED) is 0.647. The van der Waals surface area contributed by atoms with Crippen molar-refractivity contribution in [1.82, 2.24) is 5.43 Å². The van der Waals surface area contributed by atoms with E-state index in [9.17, 15) is 0 Å². The first-order valence-corrected chi connectivity index (χ1v) is 7.68. The predicted molar refractivity (Wildman–Crippen MR) is 85.3 cm³/mol. The highest BCUT2D eigenvalue weighted by atomic mass is 16.5. The van der Waals surface area contributed by atoms with E-state index in [0.717, 1.165) is 25.2 Å². The summed E-state index contributed by atoms with van der Waals surface area (Å²) in [5.74, 6) is 7.29. The van der Waals surface area contributed by atoms with Crippen molar-refractivity contribution in [2.75, 3.05) is 13.7 Å². The summed E-state index contributed by atoms with van der Waals surface area (Å²) in [5, 5.41) is 0. The number of ether oxygens (including phenoxy) is 2. The number of fused-ring (bicyclic) bond motifs is 1. The van der Waals surface area contributed by atoms with Gasteiger partial charge in [-0.3, -0.25) is 11.3 Å². The maximum absolute atomic E-state index is 5.82. The lowest BCUT2D eigenvalue weighted by Crippen LogP contribution is -2.51. The minimum atomic E-state index is 0.0382. The molecule has 0 aliphatic carbocycles. The molecule has 21 heavy (non-hydrogen) atoms. The summed E-state index contributed by atoms with van der Waals surface area (Å²) in [4.78, 5) is 0. The van der Waals surface area contributed by atoms with Crippen LogP contribution in [0.3, 0.4) is 0 Å². The molecule has 3 atom stereocenters. The topological polar surface area (TPSA) is 56.5 Å². The number of benzene rings is 1. The van der Waals surface area contributed by atoms with Gasteiger partial charge in [-0.2, -0.15) is 0 Å². The zero-order valence-corrected chi connectivity index (χ0v) is 13.6. The van der Waals surface area contributed by atoms with Crippen molar-refractivity contribution in [1.29, 1.82) is 0 Å². The van der Waals surface area contributed by atoms with Gasteiger partial charge < -0.3 is 9.47 Å². The van der Waals surface area contributed by atoms with Gasteiger partial charge in [0.1, 0.15) is 5.75 Å². The molecule has 4 nitrogen and oxygen atoms in total. The molecule has 118 valence electrons. The van der Waals surface area contributed by atoms with Crippen molar-refractivity contribution in [2.24, 2.45) is 11.3 Å². The van der Waals surface area contributed by atoms with E-state index in [4.69, 9.17) is 15.3 Å². The second kappa shape index (κ2) is 6.77. The van der Waals surface area contributed by atoms with Crippen molar-refractivity contribution < 1.29 is 9.47 Å². The summed E-state index contributed by atoms with van der Waals surface area (Å²) in [6.07, 6.45) is 2.04. The lowest BCUT2D eigenvalue weighted by molar-refractivity contribution is -0.0156. The first kappa shape index (κ1) is 16.3. The van der Waals surface area contributed by atoms with E-state index in [-0.39, 0.29) is 17.6 Å². The standard InChI is InChI=1S/C17H28N2O2/c1-17(2,3)16(20-4)14(19-18)11-12-9-10-21-15-8-6-5-7-13(12)15/h5-8,12,14,16,19H,9-11,18H2,1-4H3. The Kier molecular flexibility index (Phi) is 5.25. The third-order valence-corrected chi connectivity index (χ3v) is 4.31. The van der Waals surface area contributed by atoms with Gasteiger partial charge in [-0.1, -0.05) is 39.0 Å². The smallest absolute Gasteiger partial charge is 0.122 e. The molecule has 0 bridgehead atoms. The van der Waals surface area contributed by atoms with Crippen LogP contribution in [0.25, 0.3) is 0 Å². The van der Waals surface area contributed by atoms with Crippen LogP contribution in [0.1, 0.15) is 45.1 Å². The van der Waals surface area contributed by atoms with Crippen LogP contribution in [-0.4, -0.2) is 25.9 Å². The van der Waals surface area contributed by atoms with Gasteiger partial charge in [-0.15, -0.1) is 0 Å². The Morgan fingerprint density at radius 2 is 2.10 bits per heavy atom. The van der Waals surface area contributed by atoms with Crippen molar-refractivity contribution >= 4 is 0 Å². The number of methoxy groups -OCH3 is 1. The van der Waals surface area contributed by atoms with Crippen LogP contribution < -0.4 is 16.0 Å². The maximum Gasteiger partial charge on any atom is 0.122 e. The molecule has 0 amide bonds. The van der Waals surface area contributed by atoms with Crippen LogP contribution in [-0.2, 0) is 4.74 Å². The summed E-state index contributed by atoms with van der Waals surface area (Å²) < 4.78 is 11.5. The van der Waals surface area contributed by atoms with Gasteiger partial charge in [0.15, 0.2) is 0 Å². The van der Waals surface area contributed by atoms with Gasteiger partial charge >= 0.3 is 0 Å². The normalized spacial score (nSPS) is 21.3. The van der Waals surface area contributed by atoms with Crippen molar-refractivity contribution in [3.05, 3.63) is 29.8 Å². The van der Waals surface area contributed by atoms with E-state index in [0.29, 0.717) is 5.92 Å². The highest BCUT2D eigenvalue weighted by molar-refractivity contribution is 5.37. The van der Waals surface area contributed by atoms with Crippen molar-refractivity contribution in [2.45, 2.75) is 51.7 Å². The first-order chi connectivity index (χ1) is 9.97. The van der Waals surface area contributed by atoms with Crippen LogP contribution >= 0.6 is 0 Å².